The van der Waals surface area contributed by atoms with Crippen LogP contribution >= 0.6 is 0 Å². The number of aromatic hydroxyl groups is 1. The van der Waals surface area contributed by atoms with Crippen LogP contribution in [0.25, 0.3) is 10.8 Å². The molecule has 4 aromatic rings. The Balaban J connectivity index is 1.13. The molecule has 1 saturated heterocycles. The molecule has 0 radical (unpaired) electrons. The lowest BCUT2D eigenvalue weighted by molar-refractivity contribution is -0.385. The molecule has 0 saturated carbocycles. The lowest BCUT2D eigenvalue weighted by atomic mass is 9.95. The summed E-state index contributed by atoms with van der Waals surface area (Å²) in [5.74, 6) is -3.65. The molecule has 0 spiro atoms. The van der Waals surface area contributed by atoms with Gasteiger partial charge in [-0.3, -0.25) is 29.3 Å². The molecular formula is C35H33N5O8. The number of benzene rings is 4. The van der Waals surface area contributed by atoms with Gasteiger partial charge < -0.3 is 31.5 Å². The van der Waals surface area contributed by atoms with Crippen LogP contribution < -0.4 is 21.7 Å². The molecular weight excluding hydrogens is 618 g/mol. The number of rotatable bonds is 12. The maximum absolute atomic E-state index is 13.7. The molecule has 6 rings (SSSR count). The van der Waals surface area contributed by atoms with Crippen molar-refractivity contribution in [3.63, 3.8) is 0 Å². The molecule has 246 valence electrons. The number of nitrogens with two attached hydrogens (primary N) is 1. The number of nitro groups is 1. The fourth-order valence-corrected chi connectivity index (χ4v) is 6.19. The minimum Gasteiger partial charge on any atom is -0.502 e. The van der Waals surface area contributed by atoms with Gasteiger partial charge in [-0.2, -0.15) is 0 Å². The summed E-state index contributed by atoms with van der Waals surface area (Å²) < 4.78 is 5.38. The monoisotopic (exact) mass is 651 g/mol. The minimum absolute atomic E-state index is 0.210. The number of carbonyl (C=O) groups is 4. The van der Waals surface area contributed by atoms with Crippen LogP contribution in [0.5, 0.6) is 5.75 Å². The molecule has 1 aliphatic carbocycles. The minimum atomic E-state index is -1.34. The van der Waals surface area contributed by atoms with Gasteiger partial charge in [-0.25, -0.2) is 0 Å². The highest BCUT2D eigenvalue weighted by molar-refractivity contribution is 5.98. The van der Waals surface area contributed by atoms with Crippen molar-refractivity contribution in [2.75, 3.05) is 0 Å². The molecule has 13 heteroatoms. The lowest BCUT2D eigenvalue weighted by Gasteiger charge is -2.25. The summed E-state index contributed by atoms with van der Waals surface area (Å²) in [5.41, 5.74) is 8.34. The van der Waals surface area contributed by atoms with Crippen molar-refractivity contribution in [2.45, 2.75) is 50.1 Å². The van der Waals surface area contributed by atoms with Gasteiger partial charge in [-0.1, -0.05) is 66.7 Å². The molecule has 0 bridgehead atoms. The third-order valence-corrected chi connectivity index (χ3v) is 8.76. The van der Waals surface area contributed by atoms with Crippen molar-refractivity contribution < 1.29 is 33.9 Å². The number of nitrogens with one attached hydrogen (secondary N) is 3. The third-order valence-electron chi connectivity index (χ3n) is 8.76. The zero-order valence-electron chi connectivity index (χ0n) is 25.6. The number of nitro benzene ring substituents is 1. The number of primary amides is 1. The second kappa shape index (κ2) is 13.5. The summed E-state index contributed by atoms with van der Waals surface area (Å²) >= 11 is 0. The van der Waals surface area contributed by atoms with Gasteiger partial charge in [-0.15, -0.1) is 0 Å². The van der Waals surface area contributed by atoms with Crippen molar-refractivity contribution in [3.8, 4) is 5.75 Å². The normalized spacial score (nSPS) is 17.9. The van der Waals surface area contributed by atoms with Crippen molar-refractivity contribution >= 4 is 40.1 Å². The number of hydrogen-bond donors (Lipinski definition) is 5. The largest absolute Gasteiger partial charge is 0.502 e. The molecule has 48 heavy (non-hydrogen) atoms. The van der Waals surface area contributed by atoms with Gasteiger partial charge in [0.1, 0.15) is 12.1 Å². The number of hydrogen-bond acceptors (Lipinski definition) is 8. The molecule has 1 heterocycles. The summed E-state index contributed by atoms with van der Waals surface area (Å²) in [6.45, 7) is 0.210. The van der Waals surface area contributed by atoms with Gasteiger partial charge in [-0.05, 0) is 63.9 Å². The van der Waals surface area contributed by atoms with E-state index in [-0.39, 0.29) is 24.4 Å². The van der Waals surface area contributed by atoms with E-state index in [1.165, 1.54) is 6.07 Å². The Bertz CT molecular complexity index is 1910. The first kappa shape index (κ1) is 32.1. The van der Waals surface area contributed by atoms with Crippen LogP contribution in [0.4, 0.5) is 5.69 Å². The van der Waals surface area contributed by atoms with E-state index in [9.17, 15) is 34.4 Å². The number of nitrogens with zero attached hydrogens (tertiary/aromatic N) is 1. The summed E-state index contributed by atoms with van der Waals surface area (Å²) in [4.78, 5) is 63.0. The first-order chi connectivity index (χ1) is 23.1. The standard InChI is InChI=1S/C35H33N5O8/c36-32(42)29(25-16-23-7-3-4-8-24(23)17-25)39-33(43)26(14-19-10-12-28(41)27(15-19)40(46)47)38-35(45)31-30(48-31)34(44)37-18-20-9-11-21-5-1-2-6-22(21)13-20/h1-13,15,25-26,29-31,41H,14,16-18H2,(H2,36,42)(H,37,44)(H,38,45)(H,39,43)/t26-,29-,30?,31+/m1/s1. The fourth-order valence-electron chi connectivity index (χ4n) is 6.19. The zero-order valence-corrected chi connectivity index (χ0v) is 25.6. The van der Waals surface area contributed by atoms with Crippen molar-refractivity contribution in [1.82, 2.24) is 16.0 Å². The molecule has 2 aliphatic rings. The molecule has 1 fully saturated rings. The highest BCUT2D eigenvalue weighted by Gasteiger charge is 2.51. The first-order valence-electron chi connectivity index (χ1n) is 15.4. The molecule has 13 nitrogen and oxygen atoms in total. The Morgan fingerprint density at radius 3 is 2.19 bits per heavy atom. The third kappa shape index (κ3) is 7.10. The van der Waals surface area contributed by atoms with Crippen LogP contribution in [-0.4, -0.2) is 58.0 Å². The summed E-state index contributed by atoms with van der Waals surface area (Å²) in [5, 5.41) is 31.4. The van der Waals surface area contributed by atoms with Crippen LogP contribution in [0.1, 0.15) is 22.3 Å². The van der Waals surface area contributed by atoms with E-state index in [0.29, 0.717) is 12.8 Å². The lowest BCUT2D eigenvalue weighted by Crippen LogP contribution is -2.56. The predicted octanol–water partition coefficient (Wildman–Crippen LogP) is 1.95. The molecule has 1 aliphatic heterocycles. The smallest absolute Gasteiger partial charge is 0.310 e. The number of ether oxygens (including phenoxy) is 1. The first-order valence-corrected chi connectivity index (χ1v) is 15.4. The number of amides is 4. The zero-order chi connectivity index (χ0) is 33.9. The number of carbonyl (C=O) groups excluding carboxylic acids is 4. The number of epoxide rings is 1. The summed E-state index contributed by atoms with van der Waals surface area (Å²) in [6, 6.07) is 22.5. The molecule has 0 aromatic heterocycles. The van der Waals surface area contributed by atoms with E-state index in [4.69, 9.17) is 10.5 Å². The van der Waals surface area contributed by atoms with Gasteiger partial charge in [0.25, 0.3) is 11.8 Å². The van der Waals surface area contributed by atoms with Crippen molar-refractivity contribution in [1.29, 1.82) is 0 Å². The van der Waals surface area contributed by atoms with Crippen molar-refractivity contribution in [3.05, 3.63) is 117 Å². The number of phenolic OH excluding ortho intramolecular Hbond substituents is 1. The summed E-state index contributed by atoms with van der Waals surface area (Å²) in [7, 11) is 0. The Labute approximate surface area is 274 Å². The summed E-state index contributed by atoms with van der Waals surface area (Å²) in [6.07, 6.45) is -1.48. The van der Waals surface area contributed by atoms with E-state index >= 15 is 0 Å². The topological polar surface area (TPSA) is 206 Å². The predicted molar refractivity (Wildman–Crippen MR) is 173 cm³/mol. The molecule has 4 atom stereocenters. The van der Waals surface area contributed by atoms with Crippen LogP contribution in [-0.2, 0) is 49.7 Å². The average molecular weight is 652 g/mol. The average Bonchev–Trinajstić information content (AvgIpc) is 3.77. The van der Waals surface area contributed by atoms with Gasteiger partial charge in [0, 0.05) is 19.0 Å². The molecule has 1 unspecified atom stereocenters. The second-order valence-electron chi connectivity index (χ2n) is 12.0. The van der Waals surface area contributed by atoms with E-state index in [2.05, 4.69) is 16.0 Å². The van der Waals surface area contributed by atoms with Gasteiger partial charge in [0.15, 0.2) is 18.0 Å². The van der Waals surface area contributed by atoms with Gasteiger partial charge in [0.2, 0.25) is 11.8 Å². The Morgan fingerprint density at radius 2 is 1.50 bits per heavy atom. The molecule has 6 N–H and O–H groups in total. The Kier molecular flexibility index (Phi) is 9.04. The van der Waals surface area contributed by atoms with E-state index in [0.717, 1.165) is 39.6 Å². The van der Waals surface area contributed by atoms with E-state index in [1.807, 2.05) is 66.7 Å². The van der Waals surface area contributed by atoms with Crippen LogP contribution in [0.15, 0.2) is 84.9 Å². The van der Waals surface area contributed by atoms with E-state index < -0.39 is 64.3 Å². The van der Waals surface area contributed by atoms with Crippen LogP contribution in [0.3, 0.4) is 0 Å². The maximum Gasteiger partial charge on any atom is 0.310 e. The highest BCUT2D eigenvalue weighted by atomic mass is 16.6. The number of fused-ring (bicyclic) bond motifs is 2. The SMILES string of the molecule is NC(=O)[C@H](NC(=O)[C@@H](Cc1ccc(O)c([N+](=O)[O-])c1)NC(=O)[C@H]1OC1C(=O)NCc1ccc2ccccc2c1)C1Cc2ccccc2C1. The highest BCUT2D eigenvalue weighted by Crippen LogP contribution is 2.30. The Hall–Kier alpha value is -5.82. The van der Waals surface area contributed by atoms with Gasteiger partial charge >= 0.3 is 5.69 Å². The molecule has 4 amide bonds. The van der Waals surface area contributed by atoms with Crippen LogP contribution in [0.2, 0.25) is 0 Å². The Morgan fingerprint density at radius 1 is 0.854 bits per heavy atom. The van der Waals surface area contributed by atoms with E-state index in [1.54, 1.807) is 0 Å². The van der Waals surface area contributed by atoms with Crippen molar-refractivity contribution in [2.24, 2.45) is 11.7 Å². The quantitative estimate of drug-likeness (QED) is 0.0867. The maximum atomic E-state index is 13.7. The van der Waals surface area contributed by atoms with Gasteiger partial charge in [0.05, 0.1) is 4.92 Å². The number of phenols is 1. The van der Waals surface area contributed by atoms with Crippen LogP contribution in [0, 0.1) is 16.0 Å². The second-order valence-corrected chi connectivity index (χ2v) is 12.0. The fraction of sp³-hybridized carbons (Fsp3) is 0.257. The molecule has 4 aromatic carbocycles.